The lowest BCUT2D eigenvalue weighted by atomic mass is 9.98. The van der Waals surface area contributed by atoms with Gasteiger partial charge in [-0.05, 0) is 17.7 Å². The van der Waals surface area contributed by atoms with Gasteiger partial charge in [0.1, 0.15) is 6.17 Å². The molecule has 1 aliphatic rings. The van der Waals surface area contributed by atoms with Crippen molar-refractivity contribution in [2.45, 2.75) is 38.9 Å². The number of nitrogens with zero attached hydrogens (tertiary/aromatic N) is 2. The van der Waals surface area contributed by atoms with E-state index in [-0.39, 0.29) is 17.5 Å². The number of amides is 1. The molecule has 1 aromatic carbocycles. The first-order valence-corrected chi connectivity index (χ1v) is 9.24. The van der Waals surface area contributed by atoms with E-state index >= 15 is 0 Å². The molecule has 1 N–H and O–H groups in total. The van der Waals surface area contributed by atoms with Gasteiger partial charge in [-0.2, -0.15) is 0 Å². The van der Waals surface area contributed by atoms with Crippen molar-refractivity contribution in [3.8, 4) is 0 Å². The van der Waals surface area contributed by atoms with E-state index in [2.05, 4.69) is 64.4 Å². The molecule has 1 aliphatic heterocycles. The van der Waals surface area contributed by atoms with Gasteiger partial charge in [-0.1, -0.05) is 48.8 Å². The third-order valence-corrected chi connectivity index (χ3v) is 5.57. The summed E-state index contributed by atoms with van der Waals surface area (Å²) in [7, 11) is 0. The van der Waals surface area contributed by atoms with Crippen LogP contribution in [0, 0.1) is 0 Å². The maximum absolute atomic E-state index is 11.9. The highest BCUT2D eigenvalue weighted by atomic mass is 79.9. The number of halogens is 1. The Balaban J connectivity index is 1.81. The molecule has 0 spiro atoms. The maximum atomic E-state index is 11.9. The van der Waals surface area contributed by atoms with Crippen LogP contribution in [0.5, 0.6) is 0 Å². The molecule has 1 aromatic heterocycles. The second-order valence-electron chi connectivity index (χ2n) is 6.83. The molecule has 0 aliphatic carbocycles. The van der Waals surface area contributed by atoms with Crippen molar-refractivity contribution in [1.29, 1.82) is 0 Å². The largest absolute Gasteiger partial charge is 0.334 e. The van der Waals surface area contributed by atoms with Crippen LogP contribution < -0.4 is 5.32 Å². The van der Waals surface area contributed by atoms with E-state index in [1.807, 2.05) is 12.1 Å². The third-order valence-electron chi connectivity index (χ3n) is 3.75. The molecule has 0 unspecified atom stereocenters. The van der Waals surface area contributed by atoms with Crippen LogP contribution in [0.4, 0.5) is 0 Å². The molecule has 0 bridgehead atoms. The fourth-order valence-corrected chi connectivity index (χ4v) is 3.74. The smallest absolute Gasteiger partial charge is 0.235 e. The van der Waals surface area contributed by atoms with E-state index in [1.54, 1.807) is 11.3 Å². The quantitative estimate of drug-likeness (QED) is 0.861. The van der Waals surface area contributed by atoms with Crippen LogP contribution in [-0.2, 0) is 16.8 Å². The van der Waals surface area contributed by atoms with E-state index in [0.717, 1.165) is 21.7 Å². The molecule has 1 fully saturated rings. The highest BCUT2D eigenvalue weighted by molar-refractivity contribution is 9.10. The van der Waals surface area contributed by atoms with Gasteiger partial charge in [0.15, 0.2) is 0 Å². The molecule has 0 saturated carbocycles. The van der Waals surface area contributed by atoms with Gasteiger partial charge >= 0.3 is 0 Å². The van der Waals surface area contributed by atoms with Gasteiger partial charge in [-0.15, -0.1) is 11.3 Å². The number of aromatic nitrogens is 1. The Morgan fingerprint density at radius 2 is 2.04 bits per heavy atom. The molecule has 6 heteroatoms. The van der Waals surface area contributed by atoms with E-state index < -0.39 is 0 Å². The maximum Gasteiger partial charge on any atom is 0.235 e. The zero-order valence-corrected chi connectivity index (χ0v) is 15.9. The lowest BCUT2D eigenvalue weighted by Crippen LogP contribution is -2.28. The summed E-state index contributed by atoms with van der Waals surface area (Å²) in [5.74, 6) is 0.0532. The van der Waals surface area contributed by atoms with Gasteiger partial charge in [-0.25, -0.2) is 4.98 Å². The summed E-state index contributed by atoms with van der Waals surface area (Å²) in [4.78, 5) is 18.8. The summed E-state index contributed by atoms with van der Waals surface area (Å²) in [6.07, 6.45) is -0.140. The zero-order chi connectivity index (χ0) is 16.6. The molecule has 122 valence electrons. The number of hydrogen-bond donors (Lipinski definition) is 1. The lowest BCUT2D eigenvalue weighted by Gasteiger charge is -2.22. The summed E-state index contributed by atoms with van der Waals surface area (Å²) in [6.45, 7) is 7.59. The Labute approximate surface area is 149 Å². The van der Waals surface area contributed by atoms with Crippen molar-refractivity contribution < 1.29 is 4.79 Å². The molecule has 3 rings (SSSR count). The number of carbonyl (C=O) groups excluding carboxylic acids is 1. The van der Waals surface area contributed by atoms with Gasteiger partial charge in [0, 0.05) is 21.8 Å². The molecular weight excluding hydrogens is 374 g/mol. The van der Waals surface area contributed by atoms with Crippen LogP contribution >= 0.6 is 27.3 Å². The minimum Gasteiger partial charge on any atom is -0.334 e. The van der Waals surface area contributed by atoms with E-state index in [4.69, 9.17) is 4.98 Å². The number of benzene rings is 1. The molecule has 4 nitrogen and oxygen atoms in total. The van der Waals surface area contributed by atoms with Crippen LogP contribution in [0.15, 0.2) is 34.1 Å². The first-order valence-electron chi connectivity index (χ1n) is 7.57. The monoisotopic (exact) mass is 393 g/mol. The fraction of sp³-hybridized carbons (Fsp3) is 0.412. The van der Waals surface area contributed by atoms with Crippen molar-refractivity contribution in [2.24, 2.45) is 0 Å². The number of rotatable bonds is 3. The summed E-state index contributed by atoms with van der Waals surface area (Å²) < 4.78 is 1.06. The van der Waals surface area contributed by atoms with Crippen molar-refractivity contribution >= 4 is 33.2 Å². The van der Waals surface area contributed by atoms with Crippen LogP contribution in [0.1, 0.15) is 43.2 Å². The van der Waals surface area contributed by atoms with E-state index in [9.17, 15) is 4.79 Å². The van der Waals surface area contributed by atoms with Crippen LogP contribution in [-0.4, -0.2) is 22.3 Å². The van der Waals surface area contributed by atoms with Crippen molar-refractivity contribution in [3.63, 3.8) is 0 Å². The summed E-state index contributed by atoms with van der Waals surface area (Å²) in [5.41, 5.74) is 2.14. The predicted octanol–water partition coefficient (Wildman–Crippen LogP) is 3.83. The molecular formula is C17H20BrN3OS. The van der Waals surface area contributed by atoms with Crippen LogP contribution in [0.3, 0.4) is 0 Å². The van der Waals surface area contributed by atoms with Gasteiger partial charge in [0.05, 0.1) is 17.2 Å². The molecule has 1 saturated heterocycles. The van der Waals surface area contributed by atoms with Crippen LogP contribution in [0.2, 0.25) is 0 Å². The highest BCUT2D eigenvalue weighted by Crippen LogP contribution is 2.30. The van der Waals surface area contributed by atoms with Gasteiger partial charge < -0.3 is 5.32 Å². The average molecular weight is 394 g/mol. The summed E-state index contributed by atoms with van der Waals surface area (Å²) >= 11 is 5.11. The van der Waals surface area contributed by atoms with Gasteiger partial charge in [0.25, 0.3) is 0 Å². The first kappa shape index (κ1) is 16.6. The minimum atomic E-state index is -0.140. The topological polar surface area (TPSA) is 45.2 Å². The standard InChI is InChI=1S/C17H20BrN3OS/c1-17(2,3)16-19-13(10-23-16)15-20-14(22)9-21(15)8-11-4-6-12(18)7-5-11/h4-7,10,15H,8-9H2,1-3H3,(H,20,22)/t15-/m0/s1. The number of carbonyl (C=O) groups is 1. The first-order chi connectivity index (χ1) is 10.8. The summed E-state index contributed by atoms with van der Waals surface area (Å²) in [5, 5.41) is 6.19. The fourth-order valence-electron chi connectivity index (χ4n) is 2.55. The third kappa shape index (κ3) is 3.82. The van der Waals surface area contributed by atoms with Crippen molar-refractivity contribution in [2.75, 3.05) is 6.54 Å². The normalized spacial score (nSPS) is 19.1. The van der Waals surface area contributed by atoms with Gasteiger partial charge in [0.2, 0.25) is 5.91 Å². The van der Waals surface area contributed by atoms with Crippen molar-refractivity contribution in [3.05, 3.63) is 50.4 Å². The molecule has 2 heterocycles. The van der Waals surface area contributed by atoms with E-state index in [0.29, 0.717) is 6.54 Å². The Hall–Kier alpha value is -1.24. The number of thiazole rings is 1. The molecule has 0 radical (unpaired) electrons. The number of nitrogens with one attached hydrogen (secondary N) is 1. The zero-order valence-electron chi connectivity index (χ0n) is 13.5. The average Bonchev–Trinajstić information content (AvgIpc) is 3.07. The van der Waals surface area contributed by atoms with Crippen molar-refractivity contribution in [1.82, 2.24) is 15.2 Å². The Bertz CT molecular complexity index is 705. The number of hydrogen-bond acceptors (Lipinski definition) is 4. The van der Waals surface area contributed by atoms with E-state index in [1.165, 1.54) is 5.56 Å². The Kier molecular flexibility index (Phi) is 4.58. The lowest BCUT2D eigenvalue weighted by molar-refractivity contribution is -0.118. The van der Waals surface area contributed by atoms with Crippen LogP contribution in [0.25, 0.3) is 0 Å². The van der Waals surface area contributed by atoms with Gasteiger partial charge in [-0.3, -0.25) is 9.69 Å². The highest BCUT2D eigenvalue weighted by Gasteiger charge is 2.33. The second kappa shape index (κ2) is 6.34. The second-order valence-corrected chi connectivity index (χ2v) is 8.60. The summed E-state index contributed by atoms with van der Waals surface area (Å²) in [6, 6.07) is 8.20. The molecule has 2 aromatic rings. The minimum absolute atomic E-state index is 0.0298. The molecule has 1 atom stereocenters. The molecule has 23 heavy (non-hydrogen) atoms. The molecule has 1 amide bonds. The Morgan fingerprint density at radius 1 is 1.35 bits per heavy atom. The predicted molar refractivity (Wildman–Crippen MR) is 96.2 cm³/mol. The SMILES string of the molecule is CC(C)(C)c1nc([C@H]2NC(=O)CN2Cc2ccc(Br)cc2)cs1. The Morgan fingerprint density at radius 3 is 2.65 bits per heavy atom.